The van der Waals surface area contributed by atoms with Gasteiger partial charge in [-0.1, -0.05) is 18.2 Å². The summed E-state index contributed by atoms with van der Waals surface area (Å²) in [5.74, 6) is -1.19. The highest BCUT2D eigenvalue weighted by Gasteiger charge is 2.50. The molecule has 1 aliphatic rings. The number of hydrogen-bond acceptors (Lipinski definition) is 6. The van der Waals surface area contributed by atoms with E-state index in [1.807, 2.05) is 0 Å². The molecule has 0 saturated carbocycles. The van der Waals surface area contributed by atoms with Crippen LogP contribution in [0, 0.1) is 5.41 Å². The van der Waals surface area contributed by atoms with Crippen molar-refractivity contribution in [3.63, 3.8) is 0 Å². The Kier molecular flexibility index (Phi) is 6.36. The van der Waals surface area contributed by atoms with E-state index in [4.69, 9.17) is 18.9 Å². The van der Waals surface area contributed by atoms with Gasteiger partial charge in [-0.2, -0.15) is 0 Å². The Morgan fingerprint density at radius 1 is 1.04 bits per heavy atom. The van der Waals surface area contributed by atoms with E-state index in [1.54, 1.807) is 58.0 Å². The van der Waals surface area contributed by atoms with Crippen LogP contribution in [0.5, 0.6) is 0 Å². The van der Waals surface area contributed by atoms with Gasteiger partial charge in [0.05, 0.1) is 17.1 Å². The molecule has 1 fully saturated rings. The highest BCUT2D eigenvalue weighted by atomic mass is 19.1. The average Bonchev–Trinajstić information content (AvgIpc) is 2.58. The zero-order valence-corrected chi connectivity index (χ0v) is 15.6. The fourth-order valence-electron chi connectivity index (χ4n) is 2.58. The van der Waals surface area contributed by atoms with E-state index >= 15 is 0 Å². The average molecular weight is 368 g/mol. The van der Waals surface area contributed by atoms with E-state index in [0.717, 1.165) is 0 Å². The van der Waals surface area contributed by atoms with Crippen LogP contribution >= 0.6 is 0 Å². The predicted molar refractivity (Wildman–Crippen MR) is 91.2 cm³/mol. The minimum atomic E-state index is -1.88. The number of ether oxygens (including phenoxy) is 4. The van der Waals surface area contributed by atoms with Gasteiger partial charge in [0, 0.05) is 7.11 Å². The van der Waals surface area contributed by atoms with Crippen molar-refractivity contribution in [1.29, 1.82) is 0 Å². The number of methoxy groups -OCH3 is 1. The Morgan fingerprint density at radius 3 is 2.19 bits per heavy atom. The fraction of sp³-hybridized carbons (Fsp3) is 0.579. The Hall–Kier alpha value is -1.99. The molecule has 0 amide bonds. The molecule has 0 aliphatic carbocycles. The molecular weight excluding hydrogens is 343 g/mol. The van der Waals surface area contributed by atoms with E-state index in [1.165, 1.54) is 7.11 Å². The maximum absolute atomic E-state index is 14.4. The molecule has 0 aromatic heterocycles. The van der Waals surface area contributed by atoms with E-state index in [0.29, 0.717) is 5.56 Å². The summed E-state index contributed by atoms with van der Waals surface area (Å²) in [6.07, 6.45) is -5.91. The molecule has 0 bridgehead atoms. The van der Waals surface area contributed by atoms with Gasteiger partial charge >= 0.3 is 11.9 Å². The number of benzene rings is 1. The van der Waals surface area contributed by atoms with Crippen molar-refractivity contribution in [2.24, 2.45) is 5.41 Å². The number of rotatable bonds is 4. The minimum absolute atomic E-state index is 0.347. The standard InChI is InChI=1S/C19H25FO6/c1-11-13(25-17(21)12-9-7-6-8-10-12)14(23-5)15(16(20)24-11)26-18(22)19(2,3)4/h6-11,13-16H,1-5H3. The molecule has 1 saturated heterocycles. The van der Waals surface area contributed by atoms with Gasteiger partial charge in [-0.15, -0.1) is 0 Å². The fourth-order valence-corrected chi connectivity index (χ4v) is 2.58. The number of carbonyl (C=O) groups excluding carboxylic acids is 2. The van der Waals surface area contributed by atoms with Crippen LogP contribution in [0.25, 0.3) is 0 Å². The van der Waals surface area contributed by atoms with Crippen LogP contribution in [-0.4, -0.2) is 49.8 Å². The molecule has 0 N–H and O–H groups in total. The molecule has 1 aromatic carbocycles. The molecule has 1 aromatic rings. The second-order valence-corrected chi connectivity index (χ2v) is 7.25. The Morgan fingerprint density at radius 2 is 1.65 bits per heavy atom. The third kappa shape index (κ3) is 4.59. The molecule has 7 heteroatoms. The molecule has 144 valence electrons. The summed E-state index contributed by atoms with van der Waals surface area (Å²) in [5, 5.41) is 0. The molecule has 6 nitrogen and oxygen atoms in total. The zero-order valence-electron chi connectivity index (χ0n) is 15.6. The van der Waals surface area contributed by atoms with Crippen LogP contribution in [0.4, 0.5) is 4.39 Å². The first-order valence-corrected chi connectivity index (χ1v) is 8.44. The first-order chi connectivity index (χ1) is 12.1. The van der Waals surface area contributed by atoms with Gasteiger partial charge in [0.2, 0.25) is 6.36 Å². The van der Waals surface area contributed by atoms with Gasteiger partial charge in [-0.3, -0.25) is 4.79 Å². The van der Waals surface area contributed by atoms with Crippen LogP contribution in [-0.2, 0) is 23.7 Å². The Labute approximate surface area is 152 Å². The number of alkyl halides is 1. The summed E-state index contributed by atoms with van der Waals surface area (Å²) < 4.78 is 35.7. The van der Waals surface area contributed by atoms with E-state index < -0.39 is 48.1 Å². The van der Waals surface area contributed by atoms with Gasteiger partial charge in [0.15, 0.2) is 12.2 Å². The molecule has 5 unspecified atom stereocenters. The Bertz CT molecular complexity index is 627. The lowest BCUT2D eigenvalue weighted by Gasteiger charge is -2.41. The van der Waals surface area contributed by atoms with Crippen molar-refractivity contribution in [2.45, 2.75) is 58.5 Å². The molecule has 5 atom stereocenters. The predicted octanol–water partition coefficient (Wildman–Crippen LogP) is 2.90. The lowest BCUT2D eigenvalue weighted by Crippen LogP contribution is -2.59. The molecule has 26 heavy (non-hydrogen) atoms. The summed E-state index contributed by atoms with van der Waals surface area (Å²) in [4.78, 5) is 24.5. The largest absolute Gasteiger partial charge is 0.453 e. The monoisotopic (exact) mass is 368 g/mol. The second kappa shape index (κ2) is 8.14. The quantitative estimate of drug-likeness (QED) is 0.761. The number of carbonyl (C=O) groups is 2. The third-order valence-electron chi connectivity index (χ3n) is 4.09. The third-order valence-corrected chi connectivity index (χ3v) is 4.09. The first kappa shape index (κ1) is 20.3. The number of hydrogen-bond donors (Lipinski definition) is 0. The van der Waals surface area contributed by atoms with Crippen molar-refractivity contribution in [3.8, 4) is 0 Å². The Balaban J connectivity index is 2.19. The SMILES string of the molecule is COC1C(OC(=O)c2ccccc2)C(C)OC(F)C1OC(=O)C(C)(C)C. The molecule has 0 spiro atoms. The maximum Gasteiger partial charge on any atom is 0.338 e. The molecule has 0 radical (unpaired) electrons. The molecule has 2 rings (SSSR count). The maximum atomic E-state index is 14.4. The second-order valence-electron chi connectivity index (χ2n) is 7.25. The van der Waals surface area contributed by atoms with E-state index in [9.17, 15) is 14.0 Å². The van der Waals surface area contributed by atoms with Crippen LogP contribution < -0.4 is 0 Å². The summed E-state index contributed by atoms with van der Waals surface area (Å²) in [5.41, 5.74) is -0.475. The van der Waals surface area contributed by atoms with E-state index in [-0.39, 0.29) is 0 Å². The topological polar surface area (TPSA) is 71.1 Å². The van der Waals surface area contributed by atoms with Crippen molar-refractivity contribution >= 4 is 11.9 Å². The van der Waals surface area contributed by atoms with Gasteiger partial charge in [0.1, 0.15) is 6.10 Å². The smallest absolute Gasteiger partial charge is 0.338 e. The summed E-state index contributed by atoms with van der Waals surface area (Å²) in [6, 6.07) is 8.39. The van der Waals surface area contributed by atoms with Crippen molar-refractivity contribution < 1.29 is 32.9 Å². The zero-order chi connectivity index (χ0) is 19.5. The highest BCUT2D eigenvalue weighted by Crippen LogP contribution is 2.30. The lowest BCUT2D eigenvalue weighted by atomic mass is 9.96. The highest BCUT2D eigenvalue weighted by molar-refractivity contribution is 5.89. The van der Waals surface area contributed by atoms with Crippen LogP contribution in [0.2, 0.25) is 0 Å². The minimum Gasteiger partial charge on any atom is -0.453 e. The normalized spacial score (nSPS) is 29.1. The van der Waals surface area contributed by atoms with Gasteiger partial charge in [-0.05, 0) is 39.8 Å². The summed E-state index contributed by atoms with van der Waals surface area (Å²) in [7, 11) is 1.34. The van der Waals surface area contributed by atoms with Gasteiger partial charge in [0.25, 0.3) is 0 Å². The summed E-state index contributed by atoms with van der Waals surface area (Å²) >= 11 is 0. The first-order valence-electron chi connectivity index (χ1n) is 8.44. The molecule has 1 heterocycles. The van der Waals surface area contributed by atoms with Crippen LogP contribution in [0.1, 0.15) is 38.1 Å². The van der Waals surface area contributed by atoms with Crippen molar-refractivity contribution in [2.75, 3.05) is 7.11 Å². The lowest BCUT2D eigenvalue weighted by molar-refractivity contribution is -0.266. The summed E-state index contributed by atoms with van der Waals surface area (Å²) in [6.45, 7) is 6.54. The number of halogens is 1. The number of esters is 2. The van der Waals surface area contributed by atoms with Crippen molar-refractivity contribution in [1.82, 2.24) is 0 Å². The molecular formula is C19H25FO6. The van der Waals surface area contributed by atoms with Crippen LogP contribution in [0.3, 0.4) is 0 Å². The van der Waals surface area contributed by atoms with Gasteiger partial charge < -0.3 is 18.9 Å². The van der Waals surface area contributed by atoms with Gasteiger partial charge in [-0.25, -0.2) is 9.18 Å². The molecule has 1 aliphatic heterocycles. The van der Waals surface area contributed by atoms with E-state index in [2.05, 4.69) is 0 Å². The van der Waals surface area contributed by atoms with Crippen molar-refractivity contribution in [3.05, 3.63) is 35.9 Å². The van der Waals surface area contributed by atoms with Crippen LogP contribution in [0.15, 0.2) is 30.3 Å².